The third kappa shape index (κ3) is 8.12. The van der Waals surface area contributed by atoms with Crippen LogP contribution in [0.4, 0.5) is 34.1 Å². The standard InChI is InChI=1S/C44H44BBrN2/c1-3-5-7-33-9-21-39(22-10-33)47(43-29-17-37(45)18-30-43)41-25-13-35(14-26-41)36-15-27-42(28-16-36)48(44-31-19-38(46)20-32-44)40-23-11-34(12-24-40)8-6-4-2/h9-32H,3-8,45H2,1-2H3. The second-order valence-electron chi connectivity index (χ2n) is 12.6. The van der Waals surface area contributed by atoms with Gasteiger partial charge in [0.15, 0.2) is 0 Å². The van der Waals surface area contributed by atoms with E-state index in [1.54, 1.807) is 0 Å². The predicted molar refractivity (Wildman–Crippen MR) is 214 cm³/mol. The molecule has 0 unspecified atom stereocenters. The summed E-state index contributed by atoms with van der Waals surface area (Å²) >= 11 is 3.61. The van der Waals surface area contributed by atoms with E-state index in [1.807, 2.05) is 0 Å². The lowest BCUT2D eigenvalue weighted by atomic mass is 9.96. The SMILES string of the molecule is Bc1ccc(N(c2ccc(CCCC)cc2)c2ccc(-c3ccc(N(c4ccc(Br)cc4)c4ccc(CCCC)cc4)cc3)cc2)cc1. The molecular formula is C44H44BBrN2. The Balaban J connectivity index is 1.28. The van der Waals surface area contributed by atoms with Crippen molar-refractivity contribution >= 4 is 63.4 Å². The first-order valence-electron chi connectivity index (χ1n) is 17.3. The van der Waals surface area contributed by atoms with E-state index in [4.69, 9.17) is 0 Å². The van der Waals surface area contributed by atoms with Gasteiger partial charge >= 0.3 is 0 Å². The summed E-state index contributed by atoms with van der Waals surface area (Å²) in [4.78, 5) is 4.68. The van der Waals surface area contributed by atoms with Crippen LogP contribution in [0, 0.1) is 0 Å². The van der Waals surface area contributed by atoms with E-state index in [-0.39, 0.29) is 0 Å². The van der Waals surface area contributed by atoms with Crippen LogP contribution in [0.15, 0.2) is 150 Å². The van der Waals surface area contributed by atoms with Crippen LogP contribution in [0.1, 0.15) is 50.7 Å². The van der Waals surface area contributed by atoms with Gasteiger partial charge in [-0.3, -0.25) is 0 Å². The average Bonchev–Trinajstić information content (AvgIpc) is 3.13. The smallest absolute Gasteiger partial charge is 0.139 e. The van der Waals surface area contributed by atoms with Gasteiger partial charge in [-0.15, -0.1) is 0 Å². The molecule has 0 bridgehead atoms. The maximum Gasteiger partial charge on any atom is 0.139 e. The van der Waals surface area contributed by atoms with Crippen LogP contribution in [0.25, 0.3) is 11.1 Å². The number of anilines is 6. The number of unbranched alkanes of at least 4 members (excludes halogenated alkanes) is 2. The lowest BCUT2D eigenvalue weighted by Crippen LogP contribution is -2.11. The number of aryl methyl sites for hydroxylation is 2. The Hall–Kier alpha value is -4.54. The molecule has 48 heavy (non-hydrogen) atoms. The van der Waals surface area contributed by atoms with E-state index in [9.17, 15) is 0 Å². The van der Waals surface area contributed by atoms with Gasteiger partial charge in [-0.25, -0.2) is 0 Å². The normalized spacial score (nSPS) is 11.0. The van der Waals surface area contributed by atoms with Crippen molar-refractivity contribution in [2.75, 3.05) is 9.80 Å². The second-order valence-corrected chi connectivity index (χ2v) is 13.5. The van der Waals surface area contributed by atoms with Crippen molar-refractivity contribution in [3.05, 3.63) is 161 Å². The molecule has 2 nitrogen and oxygen atoms in total. The van der Waals surface area contributed by atoms with Gasteiger partial charge in [0.05, 0.1) is 0 Å². The first-order chi connectivity index (χ1) is 23.5. The van der Waals surface area contributed by atoms with Gasteiger partial charge in [0.25, 0.3) is 0 Å². The molecule has 0 amide bonds. The Morgan fingerprint density at radius 3 is 1.04 bits per heavy atom. The van der Waals surface area contributed by atoms with Crippen molar-refractivity contribution in [3.8, 4) is 11.1 Å². The summed E-state index contributed by atoms with van der Waals surface area (Å²) in [5, 5.41) is 0. The van der Waals surface area contributed by atoms with Crippen LogP contribution < -0.4 is 15.3 Å². The van der Waals surface area contributed by atoms with Gasteiger partial charge in [-0.05, 0) is 133 Å². The molecule has 6 aromatic rings. The molecule has 240 valence electrons. The van der Waals surface area contributed by atoms with E-state index in [2.05, 4.69) is 193 Å². The van der Waals surface area contributed by atoms with Crippen molar-refractivity contribution in [2.24, 2.45) is 0 Å². The number of hydrogen-bond acceptors (Lipinski definition) is 2. The van der Waals surface area contributed by atoms with Gasteiger partial charge < -0.3 is 9.80 Å². The molecule has 0 aliphatic rings. The van der Waals surface area contributed by atoms with E-state index < -0.39 is 0 Å². The minimum atomic E-state index is 1.07. The summed E-state index contributed by atoms with van der Waals surface area (Å²) in [6.45, 7) is 4.49. The second kappa shape index (κ2) is 16.0. The van der Waals surface area contributed by atoms with Crippen LogP contribution in [0.5, 0.6) is 0 Å². The topological polar surface area (TPSA) is 6.48 Å². The fourth-order valence-electron chi connectivity index (χ4n) is 6.17. The zero-order chi connectivity index (χ0) is 33.3. The highest BCUT2D eigenvalue weighted by molar-refractivity contribution is 9.10. The zero-order valence-corrected chi connectivity index (χ0v) is 30.0. The van der Waals surface area contributed by atoms with Crippen LogP contribution in [0.3, 0.4) is 0 Å². The highest BCUT2D eigenvalue weighted by atomic mass is 79.9. The van der Waals surface area contributed by atoms with E-state index in [1.165, 1.54) is 59.1 Å². The molecular weight excluding hydrogens is 647 g/mol. The summed E-state index contributed by atoms with van der Waals surface area (Å²) < 4.78 is 1.07. The predicted octanol–water partition coefficient (Wildman–Crippen LogP) is 12.0. The number of halogens is 1. The number of rotatable bonds is 13. The molecule has 0 aliphatic carbocycles. The lowest BCUT2D eigenvalue weighted by Gasteiger charge is -2.26. The maximum atomic E-state index is 3.61. The fraction of sp³-hybridized carbons (Fsp3) is 0.182. The summed E-state index contributed by atoms with van der Waals surface area (Å²) in [5.41, 5.74) is 13.3. The van der Waals surface area contributed by atoms with E-state index in [0.717, 1.165) is 45.8 Å². The molecule has 4 heteroatoms. The third-order valence-electron chi connectivity index (χ3n) is 8.99. The number of nitrogens with zero attached hydrogens (tertiary/aromatic N) is 2. The first kappa shape index (κ1) is 33.4. The largest absolute Gasteiger partial charge is 0.311 e. The number of hydrogen-bond donors (Lipinski definition) is 0. The first-order valence-corrected chi connectivity index (χ1v) is 18.1. The van der Waals surface area contributed by atoms with Crippen molar-refractivity contribution < 1.29 is 0 Å². The molecule has 6 rings (SSSR count). The summed E-state index contributed by atoms with van der Waals surface area (Å²) in [6, 6.07) is 53.3. The monoisotopic (exact) mass is 690 g/mol. The summed E-state index contributed by atoms with van der Waals surface area (Å²) in [7, 11) is 2.14. The minimum absolute atomic E-state index is 1.07. The Bertz CT molecular complexity index is 1720. The van der Waals surface area contributed by atoms with Crippen LogP contribution >= 0.6 is 15.9 Å². The molecule has 0 saturated carbocycles. The average molecular weight is 692 g/mol. The maximum absolute atomic E-state index is 3.61. The fourth-order valence-corrected chi connectivity index (χ4v) is 6.43. The molecule has 0 heterocycles. The third-order valence-corrected chi connectivity index (χ3v) is 9.52. The van der Waals surface area contributed by atoms with Crippen LogP contribution in [-0.4, -0.2) is 7.85 Å². The molecule has 0 fully saturated rings. The molecule has 0 N–H and O–H groups in total. The molecule has 6 aromatic carbocycles. The number of benzene rings is 6. The molecule has 0 aromatic heterocycles. The Kier molecular flexibility index (Phi) is 11.2. The Morgan fingerprint density at radius 1 is 0.417 bits per heavy atom. The van der Waals surface area contributed by atoms with Crippen LogP contribution in [-0.2, 0) is 12.8 Å². The van der Waals surface area contributed by atoms with Gasteiger partial charge in [0, 0.05) is 38.6 Å². The Labute approximate surface area is 296 Å². The van der Waals surface area contributed by atoms with Crippen molar-refractivity contribution in [1.29, 1.82) is 0 Å². The van der Waals surface area contributed by atoms with Crippen molar-refractivity contribution in [1.82, 2.24) is 0 Å². The molecule has 0 atom stereocenters. The Morgan fingerprint density at radius 2 is 0.708 bits per heavy atom. The highest BCUT2D eigenvalue weighted by Crippen LogP contribution is 2.38. The zero-order valence-electron chi connectivity index (χ0n) is 28.4. The molecule has 0 saturated heterocycles. The minimum Gasteiger partial charge on any atom is -0.311 e. The van der Waals surface area contributed by atoms with Crippen molar-refractivity contribution in [2.45, 2.75) is 52.4 Å². The quantitative estimate of drug-likeness (QED) is 0.111. The van der Waals surface area contributed by atoms with Gasteiger partial charge in [0.2, 0.25) is 0 Å². The van der Waals surface area contributed by atoms with E-state index in [0.29, 0.717) is 0 Å². The van der Waals surface area contributed by atoms with Gasteiger partial charge in [-0.1, -0.05) is 109 Å². The van der Waals surface area contributed by atoms with Gasteiger partial charge in [-0.2, -0.15) is 0 Å². The van der Waals surface area contributed by atoms with Gasteiger partial charge in [0.1, 0.15) is 7.85 Å². The molecule has 0 aliphatic heterocycles. The van der Waals surface area contributed by atoms with Crippen molar-refractivity contribution in [3.63, 3.8) is 0 Å². The molecule has 0 spiro atoms. The van der Waals surface area contributed by atoms with Crippen LogP contribution in [0.2, 0.25) is 0 Å². The molecule has 0 radical (unpaired) electrons. The lowest BCUT2D eigenvalue weighted by molar-refractivity contribution is 0.795. The summed E-state index contributed by atoms with van der Waals surface area (Å²) in [5.74, 6) is 0. The highest BCUT2D eigenvalue weighted by Gasteiger charge is 2.15. The van der Waals surface area contributed by atoms with E-state index >= 15 is 0 Å². The summed E-state index contributed by atoms with van der Waals surface area (Å²) in [6.07, 6.45) is 7.10.